The van der Waals surface area contributed by atoms with Gasteiger partial charge in [0.2, 0.25) is 0 Å². The van der Waals surface area contributed by atoms with E-state index in [1.165, 1.54) is 11.1 Å². The Kier molecular flexibility index (Phi) is 3.03. The van der Waals surface area contributed by atoms with Gasteiger partial charge in [0.05, 0.1) is 5.52 Å². The molecular weight excluding hydrogens is 246 g/mol. The summed E-state index contributed by atoms with van der Waals surface area (Å²) in [6.07, 6.45) is 0. The van der Waals surface area contributed by atoms with E-state index in [9.17, 15) is 0 Å². The first kappa shape index (κ1) is 12.5. The van der Waals surface area contributed by atoms with Gasteiger partial charge in [-0.1, -0.05) is 12.1 Å². The molecule has 3 heteroatoms. The van der Waals surface area contributed by atoms with E-state index in [1.807, 2.05) is 36.4 Å². The molecule has 0 spiro atoms. The minimum Gasteiger partial charge on any atom is -0.399 e. The number of hydrogen-bond acceptors (Lipinski definition) is 3. The molecule has 3 rings (SSSR count). The topological polar surface area (TPSA) is 50.9 Å². The Balaban J connectivity index is 1.99. The molecule has 0 unspecified atom stereocenters. The number of hydrogen-bond donors (Lipinski definition) is 2. The third kappa shape index (κ3) is 2.30. The van der Waals surface area contributed by atoms with Crippen LogP contribution in [0.15, 0.2) is 48.5 Å². The van der Waals surface area contributed by atoms with Crippen LogP contribution in [0.5, 0.6) is 0 Å². The molecule has 20 heavy (non-hydrogen) atoms. The lowest BCUT2D eigenvalue weighted by molar-refractivity contribution is 1.30. The zero-order valence-electron chi connectivity index (χ0n) is 11.6. The number of benzene rings is 2. The van der Waals surface area contributed by atoms with Crippen LogP contribution in [0.25, 0.3) is 10.9 Å². The van der Waals surface area contributed by atoms with Gasteiger partial charge in [-0.3, -0.25) is 0 Å². The van der Waals surface area contributed by atoms with Crippen LogP contribution >= 0.6 is 0 Å². The predicted octanol–water partition coefficient (Wildman–Crippen LogP) is 4.18. The van der Waals surface area contributed by atoms with Crippen LogP contribution < -0.4 is 11.1 Å². The number of nitrogens with two attached hydrogens (primary N) is 1. The molecule has 0 saturated carbocycles. The SMILES string of the molecule is Cc1cccc(Nc2ccc3cc(N)ccc3n2)c1C. The number of anilines is 3. The maximum absolute atomic E-state index is 5.78. The summed E-state index contributed by atoms with van der Waals surface area (Å²) in [7, 11) is 0. The molecule has 0 fully saturated rings. The van der Waals surface area contributed by atoms with Gasteiger partial charge in [-0.25, -0.2) is 4.98 Å². The van der Waals surface area contributed by atoms with Crippen molar-refractivity contribution in [3.63, 3.8) is 0 Å². The average Bonchev–Trinajstić information content (AvgIpc) is 2.44. The molecular formula is C17H17N3. The number of nitrogens with zero attached hydrogens (tertiary/aromatic N) is 1. The number of aromatic nitrogens is 1. The Hall–Kier alpha value is -2.55. The molecule has 100 valence electrons. The summed E-state index contributed by atoms with van der Waals surface area (Å²) in [6, 6.07) is 16.0. The molecule has 3 nitrogen and oxygen atoms in total. The van der Waals surface area contributed by atoms with Crippen molar-refractivity contribution in [1.82, 2.24) is 4.98 Å². The molecule has 3 N–H and O–H groups in total. The number of nitrogens with one attached hydrogen (secondary N) is 1. The second kappa shape index (κ2) is 4.85. The first-order valence-corrected chi connectivity index (χ1v) is 6.63. The monoisotopic (exact) mass is 263 g/mol. The lowest BCUT2D eigenvalue weighted by Crippen LogP contribution is -1.97. The molecule has 1 heterocycles. The van der Waals surface area contributed by atoms with Gasteiger partial charge in [0.25, 0.3) is 0 Å². The first-order valence-electron chi connectivity index (χ1n) is 6.63. The highest BCUT2D eigenvalue weighted by molar-refractivity contribution is 5.83. The molecule has 0 aliphatic heterocycles. The van der Waals surface area contributed by atoms with E-state index in [1.54, 1.807) is 0 Å². The van der Waals surface area contributed by atoms with Crippen LogP contribution in [0.3, 0.4) is 0 Å². The maximum atomic E-state index is 5.78. The van der Waals surface area contributed by atoms with E-state index in [0.29, 0.717) is 0 Å². The summed E-state index contributed by atoms with van der Waals surface area (Å²) in [4.78, 5) is 4.62. The summed E-state index contributed by atoms with van der Waals surface area (Å²) in [6.45, 7) is 4.22. The number of fused-ring (bicyclic) bond motifs is 1. The fourth-order valence-electron chi connectivity index (χ4n) is 2.24. The number of aryl methyl sites for hydroxylation is 1. The largest absolute Gasteiger partial charge is 0.399 e. The third-order valence-corrected chi connectivity index (χ3v) is 3.58. The predicted molar refractivity (Wildman–Crippen MR) is 85.4 cm³/mol. The molecule has 1 aromatic heterocycles. The Morgan fingerprint density at radius 2 is 1.85 bits per heavy atom. The van der Waals surface area contributed by atoms with Gasteiger partial charge in [-0.15, -0.1) is 0 Å². The highest BCUT2D eigenvalue weighted by atomic mass is 15.0. The quantitative estimate of drug-likeness (QED) is 0.682. The van der Waals surface area contributed by atoms with Crippen molar-refractivity contribution in [2.75, 3.05) is 11.1 Å². The summed E-state index contributed by atoms with van der Waals surface area (Å²) >= 11 is 0. The zero-order chi connectivity index (χ0) is 14.1. The van der Waals surface area contributed by atoms with Gasteiger partial charge in [0.15, 0.2) is 0 Å². The van der Waals surface area contributed by atoms with Gasteiger partial charge >= 0.3 is 0 Å². The number of rotatable bonds is 2. The van der Waals surface area contributed by atoms with Crippen LogP contribution in [0, 0.1) is 13.8 Å². The van der Waals surface area contributed by atoms with E-state index in [-0.39, 0.29) is 0 Å². The van der Waals surface area contributed by atoms with Crippen molar-refractivity contribution in [3.8, 4) is 0 Å². The van der Waals surface area contributed by atoms with Gasteiger partial charge in [-0.2, -0.15) is 0 Å². The molecule has 2 aromatic carbocycles. The lowest BCUT2D eigenvalue weighted by atomic mass is 10.1. The molecule has 0 aliphatic carbocycles. The Morgan fingerprint density at radius 1 is 1.00 bits per heavy atom. The van der Waals surface area contributed by atoms with Gasteiger partial charge in [-0.05, 0) is 61.4 Å². The Bertz CT molecular complexity index is 778. The maximum Gasteiger partial charge on any atom is 0.131 e. The van der Waals surface area contributed by atoms with Crippen LogP contribution in [-0.4, -0.2) is 4.98 Å². The van der Waals surface area contributed by atoms with E-state index < -0.39 is 0 Å². The summed E-state index contributed by atoms with van der Waals surface area (Å²) < 4.78 is 0. The van der Waals surface area contributed by atoms with E-state index >= 15 is 0 Å². The lowest BCUT2D eigenvalue weighted by Gasteiger charge is -2.11. The molecule has 0 saturated heterocycles. The summed E-state index contributed by atoms with van der Waals surface area (Å²) in [5.74, 6) is 0.843. The van der Waals surface area contributed by atoms with Crippen LogP contribution in [-0.2, 0) is 0 Å². The van der Waals surface area contributed by atoms with E-state index in [2.05, 4.69) is 36.3 Å². The molecule has 0 bridgehead atoms. The standard InChI is InChI=1S/C17H17N3/c1-11-4-3-5-15(12(11)2)19-17-9-6-13-10-14(18)7-8-16(13)20-17/h3-10H,18H2,1-2H3,(H,19,20). The minimum atomic E-state index is 0.759. The van der Waals surface area contributed by atoms with E-state index in [4.69, 9.17) is 5.73 Å². The van der Waals surface area contributed by atoms with Crippen molar-refractivity contribution >= 4 is 28.1 Å². The van der Waals surface area contributed by atoms with Crippen molar-refractivity contribution in [3.05, 3.63) is 59.7 Å². The first-order chi connectivity index (χ1) is 9.63. The smallest absolute Gasteiger partial charge is 0.131 e. The minimum absolute atomic E-state index is 0.759. The fourth-order valence-corrected chi connectivity index (χ4v) is 2.24. The van der Waals surface area contributed by atoms with Crippen molar-refractivity contribution in [1.29, 1.82) is 0 Å². The number of pyridine rings is 1. The van der Waals surface area contributed by atoms with E-state index in [0.717, 1.165) is 28.1 Å². The van der Waals surface area contributed by atoms with Crippen LogP contribution in [0.4, 0.5) is 17.2 Å². The van der Waals surface area contributed by atoms with Crippen molar-refractivity contribution < 1.29 is 0 Å². The van der Waals surface area contributed by atoms with Gasteiger partial charge < -0.3 is 11.1 Å². The third-order valence-electron chi connectivity index (χ3n) is 3.58. The second-order valence-electron chi connectivity index (χ2n) is 5.02. The highest BCUT2D eigenvalue weighted by Crippen LogP contribution is 2.24. The van der Waals surface area contributed by atoms with Crippen molar-refractivity contribution in [2.24, 2.45) is 0 Å². The Morgan fingerprint density at radius 3 is 2.70 bits per heavy atom. The van der Waals surface area contributed by atoms with Crippen molar-refractivity contribution in [2.45, 2.75) is 13.8 Å². The summed E-state index contributed by atoms with van der Waals surface area (Å²) in [5, 5.41) is 4.43. The highest BCUT2D eigenvalue weighted by Gasteiger charge is 2.03. The fraction of sp³-hybridized carbons (Fsp3) is 0.118. The van der Waals surface area contributed by atoms with Crippen LogP contribution in [0.2, 0.25) is 0 Å². The normalized spacial score (nSPS) is 10.7. The van der Waals surface area contributed by atoms with Gasteiger partial charge in [0, 0.05) is 16.8 Å². The molecule has 0 aliphatic rings. The summed E-state index contributed by atoms with van der Waals surface area (Å²) in [5.41, 5.74) is 11.1. The van der Waals surface area contributed by atoms with Crippen LogP contribution in [0.1, 0.15) is 11.1 Å². The average molecular weight is 263 g/mol. The van der Waals surface area contributed by atoms with Gasteiger partial charge in [0.1, 0.15) is 5.82 Å². The number of nitrogen functional groups attached to an aromatic ring is 1. The molecule has 0 radical (unpaired) electrons. The molecule has 0 amide bonds. The zero-order valence-corrected chi connectivity index (χ0v) is 11.6. The second-order valence-corrected chi connectivity index (χ2v) is 5.02. The molecule has 3 aromatic rings. The molecule has 0 atom stereocenters. The Labute approximate surface area is 118 Å².